The van der Waals surface area contributed by atoms with Gasteiger partial charge in [-0.2, -0.15) is 0 Å². The minimum absolute atomic E-state index is 0.185. The van der Waals surface area contributed by atoms with E-state index in [4.69, 9.17) is 9.72 Å². The Labute approximate surface area is 171 Å². The number of aryl methyl sites for hydroxylation is 1. The van der Waals surface area contributed by atoms with E-state index in [1.54, 1.807) is 13.3 Å². The van der Waals surface area contributed by atoms with Crippen LogP contribution in [0.2, 0.25) is 0 Å². The number of ether oxygens (including phenoxy) is 1. The third-order valence-electron chi connectivity index (χ3n) is 5.61. The molecule has 0 unspecified atom stereocenters. The summed E-state index contributed by atoms with van der Waals surface area (Å²) < 4.78 is 7.17. The van der Waals surface area contributed by atoms with Crippen LogP contribution in [0.3, 0.4) is 0 Å². The minimum Gasteiger partial charge on any atom is -0.497 e. The van der Waals surface area contributed by atoms with Crippen LogP contribution in [0.1, 0.15) is 35.8 Å². The van der Waals surface area contributed by atoms with E-state index in [9.17, 15) is 4.79 Å². The number of pyridine rings is 1. The van der Waals surface area contributed by atoms with Gasteiger partial charge in [-0.3, -0.25) is 9.36 Å². The fraction of sp³-hybridized carbons (Fsp3) is 0.348. The first-order valence-corrected chi connectivity index (χ1v) is 10.0. The van der Waals surface area contributed by atoms with Gasteiger partial charge in [0, 0.05) is 37.1 Å². The molecule has 0 radical (unpaired) electrons. The Kier molecular flexibility index (Phi) is 5.60. The molecule has 6 nitrogen and oxygen atoms in total. The van der Waals surface area contributed by atoms with Gasteiger partial charge in [-0.1, -0.05) is 18.2 Å². The second-order valence-electron chi connectivity index (χ2n) is 7.45. The Balaban J connectivity index is 1.36. The smallest absolute Gasteiger partial charge is 0.226 e. The lowest BCUT2D eigenvalue weighted by Crippen LogP contribution is -2.38. The van der Waals surface area contributed by atoms with Crippen LogP contribution in [0.25, 0.3) is 5.82 Å². The van der Waals surface area contributed by atoms with Crippen molar-refractivity contribution in [2.24, 2.45) is 0 Å². The number of carbonyl (C=O) groups excluding carboxylic acids is 1. The van der Waals surface area contributed by atoms with E-state index < -0.39 is 0 Å². The maximum atomic E-state index is 12.7. The van der Waals surface area contributed by atoms with Gasteiger partial charge in [0.25, 0.3) is 0 Å². The van der Waals surface area contributed by atoms with E-state index in [0.717, 1.165) is 54.6 Å². The second kappa shape index (κ2) is 8.47. The van der Waals surface area contributed by atoms with Crippen molar-refractivity contribution >= 4 is 5.91 Å². The molecule has 6 heteroatoms. The van der Waals surface area contributed by atoms with Crippen LogP contribution in [0.15, 0.2) is 54.9 Å². The van der Waals surface area contributed by atoms with Gasteiger partial charge >= 0.3 is 0 Å². The number of imidazole rings is 1. The van der Waals surface area contributed by atoms with Crippen LogP contribution in [0, 0.1) is 6.92 Å². The zero-order chi connectivity index (χ0) is 20.2. The highest BCUT2D eigenvalue weighted by Gasteiger charge is 2.25. The van der Waals surface area contributed by atoms with Crippen molar-refractivity contribution in [1.82, 2.24) is 19.4 Å². The molecule has 1 amide bonds. The number of methoxy groups -OCH3 is 1. The predicted octanol–water partition coefficient (Wildman–Crippen LogP) is 3.53. The number of amides is 1. The van der Waals surface area contributed by atoms with Crippen LogP contribution in [0.4, 0.5) is 0 Å². The fourth-order valence-electron chi connectivity index (χ4n) is 3.88. The van der Waals surface area contributed by atoms with E-state index >= 15 is 0 Å². The summed E-state index contributed by atoms with van der Waals surface area (Å²) >= 11 is 0. The molecule has 2 aromatic heterocycles. The van der Waals surface area contributed by atoms with Crippen LogP contribution in [-0.4, -0.2) is 45.5 Å². The quantitative estimate of drug-likeness (QED) is 0.669. The summed E-state index contributed by atoms with van der Waals surface area (Å²) in [5.74, 6) is 3.19. The fourth-order valence-corrected chi connectivity index (χ4v) is 3.88. The molecule has 0 N–H and O–H groups in total. The molecule has 3 heterocycles. The van der Waals surface area contributed by atoms with Crippen molar-refractivity contribution in [3.63, 3.8) is 0 Å². The van der Waals surface area contributed by atoms with Crippen molar-refractivity contribution in [3.05, 3.63) is 71.9 Å². The minimum atomic E-state index is 0.185. The lowest BCUT2D eigenvalue weighted by molar-refractivity contribution is -0.131. The van der Waals surface area contributed by atoms with Crippen LogP contribution < -0.4 is 4.74 Å². The van der Waals surface area contributed by atoms with Gasteiger partial charge < -0.3 is 9.64 Å². The van der Waals surface area contributed by atoms with E-state index in [1.165, 1.54) is 0 Å². The van der Waals surface area contributed by atoms with Crippen molar-refractivity contribution in [1.29, 1.82) is 0 Å². The second-order valence-corrected chi connectivity index (χ2v) is 7.45. The van der Waals surface area contributed by atoms with Crippen molar-refractivity contribution in [2.75, 3.05) is 20.2 Å². The number of rotatable bonds is 5. The monoisotopic (exact) mass is 390 g/mol. The average Bonchev–Trinajstić information content (AvgIpc) is 3.20. The van der Waals surface area contributed by atoms with Crippen molar-refractivity contribution in [3.8, 4) is 11.6 Å². The van der Waals surface area contributed by atoms with Gasteiger partial charge in [-0.15, -0.1) is 0 Å². The van der Waals surface area contributed by atoms with Gasteiger partial charge in [0.2, 0.25) is 5.91 Å². The summed E-state index contributed by atoms with van der Waals surface area (Å²) in [6.45, 7) is 3.52. The largest absolute Gasteiger partial charge is 0.497 e. The third-order valence-corrected chi connectivity index (χ3v) is 5.61. The Hall–Kier alpha value is -3.15. The third kappa shape index (κ3) is 4.31. The Morgan fingerprint density at radius 3 is 2.55 bits per heavy atom. The number of likely N-dealkylation sites (tertiary alicyclic amines) is 1. The Morgan fingerprint density at radius 1 is 1.14 bits per heavy atom. The summed E-state index contributed by atoms with van der Waals surface area (Å²) in [7, 11) is 1.64. The molecule has 1 aromatic carbocycles. The maximum absolute atomic E-state index is 12.7. The van der Waals surface area contributed by atoms with Crippen LogP contribution >= 0.6 is 0 Å². The number of nitrogens with zero attached hydrogens (tertiary/aromatic N) is 4. The van der Waals surface area contributed by atoms with Crippen LogP contribution in [-0.2, 0) is 11.2 Å². The zero-order valence-electron chi connectivity index (χ0n) is 16.9. The van der Waals surface area contributed by atoms with E-state index in [-0.39, 0.29) is 5.91 Å². The van der Waals surface area contributed by atoms with Crippen molar-refractivity contribution < 1.29 is 9.53 Å². The summed E-state index contributed by atoms with van der Waals surface area (Å²) in [4.78, 5) is 23.8. The highest BCUT2D eigenvalue weighted by Crippen LogP contribution is 2.28. The first kappa shape index (κ1) is 19.2. The number of benzene rings is 1. The topological polar surface area (TPSA) is 60.2 Å². The molecule has 29 heavy (non-hydrogen) atoms. The standard InChI is InChI=1S/C23H26N4O2/c1-17-24-12-15-27(17)22-5-3-4-21(25-22)19-10-13-26(14-11-19)23(28)16-18-6-8-20(29-2)9-7-18/h3-9,12,15,19H,10-11,13-14,16H2,1-2H3. The number of piperidine rings is 1. The summed E-state index contributed by atoms with van der Waals surface area (Å²) in [5, 5.41) is 0. The lowest BCUT2D eigenvalue weighted by atomic mass is 9.92. The van der Waals surface area contributed by atoms with Crippen LogP contribution in [0.5, 0.6) is 5.75 Å². The molecule has 0 bridgehead atoms. The molecule has 0 saturated carbocycles. The van der Waals surface area contributed by atoms with Gasteiger partial charge in [-0.25, -0.2) is 9.97 Å². The molecule has 0 aliphatic carbocycles. The number of aromatic nitrogens is 3. The first-order chi connectivity index (χ1) is 14.1. The maximum Gasteiger partial charge on any atom is 0.226 e. The molecular weight excluding hydrogens is 364 g/mol. The molecule has 1 fully saturated rings. The molecule has 1 aliphatic heterocycles. The first-order valence-electron chi connectivity index (χ1n) is 10.0. The van der Waals surface area contributed by atoms with Gasteiger partial charge in [0.05, 0.1) is 13.5 Å². The van der Waals surface area contributed by atoms with E-state index in [1.807, 2.05) is 52.9 Å². The highest BCUT2D eigenvalue weighted by molar-refractivity contribution is 5.79. The molecular formula is C23H26N4O2. The Morgan fingerprint density at radius 2 is 1.90 bits per heavy atom. The highest BCUT2D eigenvalue weighted by atomic mass is 16.5. The molecule has 150 valence electrons. The molecule has 1 aliphatic rings. The van der Waals surface area contributed by atoms with E-state index in [2.05, 4.69) is 17.1 Å². The number of hydrogen-bond donors (Lipinski definition) is 0. The van der Waals surface area contributed by atoms with E-state index in [0.29, 0.717) is 12.3 Å². The van der Waals surface area contributed by atoms with Gasteiger partial charge in [0.1, 0.15) is 17.4 Å². The number of hydrogen-bond acceptors (Lipinski definition) is 4. The molecule has 3 aromatic rings. The van der Waals surface area contributed by atoms with Crippen molar-refractivity contribution in [2.45, 2.75) is 32.1 Å². The zero-order valence-corrected chi connectivity index (χ0v) is 16.9. The summed E-state index contributed by atoms with van der Waals surface area (Å²) in [6.07, 6.45) is 6.03. The molecule has 0 atom stereocenters. The SMILES string of the molecule is COc1ccc(CC(=O)N2CCC(c3cccc(-n4ccnc4C)n3)CC2)cc1. The van der Waals surface area contributed by atoms with Gasteiger partial charge in [-0.05, 0) is 49.6 Å². The molecule has 1 saturated heterocycles. The molecule has 0 spiro atoms. The average molecular weight is 390 g/mol. The molecule has 4 rings (SSSR count). The summed E-state index contributed by atoms with van der Waals surface area (Å²) in [5.41, 5.74) is 2.11. The van der Waals surface area contributed by atoms with Gasteiger partial charge in [0.15, 0.2) is 0 Å². The number of carbonyl (C=O) groups is 1. The Bertz CT molecular complexity index is 973. The lowest BCUT2D eigenvalue weighted by Gasteiger charge is -2.32. The summed E-state index contributed by atoms with van der Waals surface area (Å²) in [6, 6.07) is 13.9. The normalized spacial score (nSPS) is 14.8. The predicted molar refractivity (Wildman–Crippen MR) is 111 cm³/mol.